The Bertz CT molecular complexity index is 1110. The normalized spacial score (nSPS) is 23.4. The van der Waals surface area contributed by atoms with Crippen LogP contribution >= 0.6 is 7.82 Å². The SMILES string of the molecule is CC/C=C/C/C=C/C/C=C/CCCCCCCC(=O)OC[C@H](COP(=O)(O)OC1C(O)C(O)C(O)[C@@H](O)C1O)OC(=O)CCCCCCCCCCCCC. The van der Waals surface area contributed by atoms with Gasteiger partial charge in [-0.25, -0.2) is 4.57 Å². The van der Waals surface area contributed by atoms with E-state index in [0.29, 0.717) is 12.8 Å². The van der Waals surface area contributed by atoms with E-state index in [4.69, 9.17) is 18.5 Å². The molecule has 0 aliphatic heterocycles. The highest BCUT2D eigenvalue weighted by molar-refractivity contribution is 7.47. The minimum Gasteiger partial charge on any atom is -0.462 e. The van der Waals surface area contributed by atoms with Crippen molar-refractivity contribution in [3.8, 4) is 0 Å². The smallest absolute Gasteiger partial charge is 0.462 e. The fourth-order valence-corrected chi connectivity index (χ4v) is 7.10. The van der Waals surface area contributed by atoms with Crippen LogP contribution in [0.2, 0.25) is 0 Å². The zero-order valence-electron chi connectivity index (χ0n) is 33.5. The van der Waals surface area contributed by atoms with E-state index in [9.17, 15) is 44.6 Å². The van der Waals surface area contributed by atoms with Crippen LogP contribution in [0.1, 0.15) is 155 Å². The maximum atomic E-state index is 12.8. The second-order valence-corrected chi connectivity index (χ2v) is 15.9. The Balaban J connectivity index is 2.51. The number of rotatable bonds is 33. The second kappa shape index (κ2) is 32.1. The molecule has 1 saturated carbocycles. The fourth-order valence-electron chi connectivity index (χ4n) is 6.12. The number of phosphoric ester groups is 1. The van der Waals surface area contributed by atoms with Gasteiger partial charge in [-0.3, -0.25) is 18.6 Å². The lowest BCUT2D eigenvalue weighted by molar-refractivity contribution is -0.220. The third kappa shape index (κ3) is 25.1. The van der Waals surface area contributed by atoms with Crippen LogP contribution in [-0.4, -0.2) is 98.3 Å². The Morgan fingerprint density at radius 2 is 1.04 bits per heavy atom. The summed E-state index contributed by atoms with van der Waals surface area (Å²) in [7, 11) is -5.11. The summed E-state index contributed by atoms with van der Waals surface area (Å²) in [5, 5.41) is 50.0. The zero-order chi connectivity index (χ0) is 40.7. The number of unbranched alkanes of at least 4 members (excludes halogenated alkanes) is 15. The molecule has 1 rings (SSSR count). The molecule has 1 aliphatic rings. The monoisotopic (exact) mass is 804 g/mol. The Kier molecular flexibility index (Phi) is 29.8. The number of ether oxygens (including phenoxy) is 2. The van der Waals surface area contributed by atoms with E-state index in [0.717, 1.165) is 77.0 Å². The van der Waals surface area contributed by atoms with Crippen molar-refractivity contribution in [2.75, 3.05) is 13.2 Å². The third-order valence-corrected chi connectivity index (χ3v) is 10.5. The third-order valence-electron chi connectivity index (χ3n) is 9.50. The molecule has 0 aromatic heterocycles. The van der Waals surface area contributed by atoms with Crippen molar-refractivity contribution in [1.82, 2.24) is 0 Å². The van der Waals surface area contributed by atoms with Gasteiger partial charge in [-0.15, -0.1) is 0 Å². The minimum absolute atomic E-state index is 0.0943. The first-order valence-corrected chi connectivity index (χ1v) is 22.3. The van der Waals surface area contributed by atoms with Gasteiger partial charge < -0.3 is 39.9 Å². The van der Waals surface area contributed by atoms with Crippen LogP contribution in [0, 0.1) is 0 Å². The molecule has 0 saturated heterocycles. The predicted octanol–water partition coefficient (Wildman–Crippen LogP) is 7.05. The highest BCUT2D eigenvalue weighted by atomic mass is 31.2. The van der Waals surface area contributed by atoms with Crippen LogP contribution in [0.15, 0.2) is 36.5 Å². The molecule has 0 radical (unpaired) electrons. The molecule has 1 aliphatic carbocycles. The van der Waals surface area contributed by atoms with Crippen LogP contribution in [0.25, 0.3) is 0 Å². The first kappa shape index (κ1) is 51.1. The number of carbonyl (C=O) groups is 2. The second-order valence-electron chi connectivity index (χ2n) is 14.5. The van der Waals surface area contributed by atoms with Gasteiger partial charge in [-0.1, -0.05) is 134 Å². The molecule has 320 valence electrons. The predicted molar refractivity (Wildman–Crippen MR) is 212 cm³/mol. The molecule has 6 N–H and O–H groups in total. The van der Waals surface area contributed by atoms with Crippen molar-refractivity contribution in [3.05, 3.63) is 36.5 Å². The maximum Gasteiger partial charge on any atom is 0.472 e. The standard InChI is InChI=1S/C41H73O13P/c1-3-5-7-9-11-13-15-16-17-18-20-21-23-25-27-29-34(42)51-31-33(53-35(43)30-28-26-24-22-19-14-12-10-8-6-4-2)32-52-55(49,50)54-41-39(47)37(45)36(44)38(46)40(41)48/h5,7,11,13,16-17,33,36-41,44-48H,3-4,6,8-10,12,14-15,18-32H2,1-2H3,(H,49,50)/b7-5+,13-11+,17-16+/t33-,36?,37-,38?,39?,40?,41?/m1/s1. The van der Waals surface area contributed by atoms with Gasteiger partial charge in [0.25, 0.3) is 0 Å². The molecule has 0 amide bonds. The molecule has 0 heterocycles. The van der Waals surface area contributed by atoms with Gasteiger partial charge in [-0.2, -0.15) is 0 Å². The minimum atomic E-state index is -5.11. The average Bonchev–Trinajstić information content (AvgIpc) is 3.16. The summed E-state index contributed by atoms with van der Waals surface area (Å²) >= 11 is 0. The molecule has 14 heteroatoms. The van der Waals surface area contributed by atoms with E-state index >= 15 is 0 Å². The van der Waals surface area contributed by atoms with Gasteiger partial charge in [0.05, 0.1) is 6.61 Å². The number of aliphatic hydroxyl groups is 5. The van der Waals surface area contributed by atoms with E-state index in [1.807, 2.05) is 0 Å². The maximum absolute atomic E-state index is 12.8. The van der Waals surface area contributed by atoms with Crippen molar-refractivity contribution in [2.45, 2.75) is 198 Å². The molecular formula is C41H73O13P. The van der Waals surface area contributed by atoms with Gasteiger partial charge >= 0.3 is 19.8 Å². The van der Waals surface area contributed by atoms with Gasteiger partial charge in [0.15, 0.2) is 6.10 Å². The molecule has 1 fully saturated rings. The molecule has 0 aromatic rings. The summed E-state index contributed by atoms with van der Waals surface area (Å²) in [6, 6.07) is 0. The number of hydrogen-bond acceptors (Lipinski definition) is 12. The summed E-state index contributed by atoms with van der Waals surface area (Å²) in [4.78, 5) is 35.5. The number of esters is 2. The molecule has 8 atom stereocenters. The molecule has 6 unspecified atom stereocenters. The van der Waals surface area contributed by atoms with Gasteiger partial charge in [-0.05, 0) is 44.9 Å². The van der Waals surface area contributed by atoms with E-state index < -0.39 is 75.7 Å². The molecule has 55 heavy (non-hydrogen) atoms. The van der Waals surface area contributed by atoms with Crippen LogP contribution < -0.4 is 0 Å². The van der Waals surface area contributed by atoms with Gasteiger partial charge in [0.1, 0.15) is 43.2 Å². The topological polar surface area (TPSA) is 210 Å². The zero-order valence-corrected chi connectivity index (χ0v) is 34.4. The molecule has 0 aromatic carbocycles. The lowest BCUT2D eigenvalue weighted by Gasteiger charge is -2.41. The Hall–Kier alpha value is -1.93. The van der Waals surface area contributed by atoms with Crippen LogP contribution in [0.5, 0.6) is 0 Å². The van der Waals surface area contributed by atoms with E-state index in [1.54, 1.807) is 0 Å². The summed E-state index contributed by atoms with van der Waals surface area (Å²) in [6.07, 6.45) is 20.7. The van der Waals surface area contributed by atoms with Crippen molar-refractivity contribution in [1.29, 1.82) is 0 Å². The Labute approximate surface area is 329 Å². The highest BCUT2D eigenvalue weighted by Crippen LogP contribution is 2.47. The number of carbonyl (C=O) groups excluding carboxylic acids is 2. The average molecular weight is 805 g/mol. The van der Waals surface area contributed by atoms with E-state index in [1.165, 1.54) is 38.5 Å². The van der Waals surface area contributed by atoms with Crippen LogP contribution in [-0.2, 0) is 32.7 Å². The molecule has 13 nitrogen and oxygen atoms in total. The molecular weight excluding hydrogens is 731 g/mol. The van der Waals surface area contributed by atoms with E-state index in [2.05, 4.69) is 50.3 Å². The lowest BCUT2D eigenvalue weighted by atomic mass is 9.85. The Morgan fingerprint density at radius 3 is 1.58 bits per heavy atom. The van der Waals surface area contributed by atoms with Crippen molar-refractivity contribution in [2.24, 2.45) is 0 Å². The number of phosphoric acid groups is 1. The summed E-state index contributed by atoms with van der Waals surface area (Å²) in [5.74, 6) is -1.12. The van der Waals surface area contributed by atoms with Crippen molar-refractivity contribution in [3.63, 3.8) is 0 Å². The van der Waals surface area contributed by atoms with Gasteiger partial charge in [0.2, 0.25) is 0 Å². The lowest BCUT2D eigenvalue weighted by Crippen LogP contribution is -2.64. The van der Waals surface area contributed by atoms with Crippen molar-refractivity contribution < 1.29 is 63.1 Å². The first-order valence-electron chi connectivity index (χ1n) is 20.8. The number of aliphatic hydroxyl groups excluding tert-OH is 5. The van der Waals surface area contributed by atoms with Gasteiger partial charge in [0, 0.05) is 12.8 Å². The first-order chi connectivity index (χ1) is 26.4. The number of allylic oxidation sites excluding steroid dienone is 6. The van der Waals surface area contributed by atoms with Crippen LogP contribution in [0.3, 0.4) is 0 Å². The summed E-state index contributed by atoms with van der Waals surface area (Å²) in [5.41, 5.74) is 0. The molecule has 0 bridgehead atoms. The Morgan fingerprint density at radius 1 is 0.582 bits per heavy atom. The van der Waals surface area contributed by atoms with Crippen molar-refractivity contribution >= 4 is 19.8 Å². The highest BCUT2D eigenvalue weighted by Gasteiger charge is 2.51. The fraction of sp³-hybridized carbons (Fsp3) is 0.805. The molecule has 0 spiro atoms. The largest absolute Gasteiger partial charge is 0.472 e. The van der Waals surface area contributed by atoms with Crippen LogP contribution in [0.4, 0.5) is 0 Å². The summed E-state index contributed by atoms with van der Waals surface area (Å²) in [6.45, 7) is 3.14. The number of hydrogen-bond donors (Lipinski definition) is 6. The van der Waals surface area contributed by atoms with E-state index in [-0.39, 0.29) is 12.8 Å². The quantitative estimate of drug-likeness (QED) is 0.0170. The summed E-state index contributed by atoms with van der Waals surface area (Å²) < 4.78 is 33.4.